The molecule has 0 aromatic heterocycles. The molecule has 0 radical (unpaired) electrons. The SMILES string of the molecule is CN(Cc1c2ccccc2c(CN(C)C(=O)c2ccc(-c3ccc(C(=O)N(C)Cc4c5ccccc5c(CNCC(=O)OC(C)(C)C)c5ccccc45)cc3)cc2)c2ccccc12)C(=O)OC(C)(C)C. The lowest BCUT2D eigenvalue weighted by Crippen LogP contribution is -2.34. The lowest BCUT2D eigenvalue weighted by Gasteiger charge is -2.26. The summed E-state index contributed by atoms with van der Waals surface area (Å²) in [6.45, 7) is 12.8. The van der Waals surface area contributed by atoms with Gasteiger partial charge in [-0.15, -0.1) is 0 Å². The van der Waals surface area contributed by atoms with Gasteiger partial charge in [-0.05, 0) is 142 Å². The van der Waals surface area contributed by atoms with Crippen LogP contribution < -0.4 is 5.32 Å². The Morgan fingerprint density at radius 3 is 1.03 bits per heavy atom. The molecule has 8 aromatic carbocycles. The summed E-state index contributed by atoms with van der Waals surface area (Å²) >= 11 is 0. The number of hydrogen-bond donors (Lipinski definition) is 1. The number of nitrogens with one attached hydrogen (secondary N) is 1. The van der Waals surface area contributed by atoms with Gasteiger partial charge >= 0.3 is 12.1 Å². The molecule has 70 heavy (non-hydrogen) atoms. The zero-order valence-electron chi connectivity index (χ0n) is 41.7. The van der Waals surface area contributed by atoms with Gasteiger partial charge in [-0.2, -0.15) is 0 Å². The van der Waals surface area contributed by atoms with Gasteiger partial charge in [0.25, 0.3) is 11.8 Å². The van der Waals surface area contributed by atoms with Crippen molar-refractivity contribution < 1.29 is 28.7 Å². The van der Waals surface area contributed by atoms with Crippen LogP contribution in [0.5, 0.6) is 0 Å². The number of hydrogen-bond acceptors (Lipinski definition) is 7. The van der Waals surface area contributed by atoms with E-state index in [-0.39, 0.29) is 30.4 Å². The quantitative estimate of drug-likeness (QED) is 0.0906. The first-order valence-electron chi connectivity index (χ1n) is 23.8. The standard InChI is InChI=1S/C60H62N4O6/c1-59(2,3)69-55(65)35-61-34-51-43-18-10-12-20-45(43)52(46-21-13-11-19-44(46)51)36-62(7)56(66)41-30-26-39(27-31-41)40-28-32-42(33-29-40)57(67)63(8)37-53-47-22-14-16-24-49(47)54(50-25-17-15-23-48(50)53)38-64(9)58(68)70-60(4,5)6/h10-33,61H,34-38H2,1-9H3. The van der Waals surface area contributed by atoms with Gasteiger partial charge < -0.3 is 29.5 Å². The summed E-state index contributed by atoms with van der Waals surface area (Å²) in [4.78, 5) is 58.7. The molecule has 0 heterocycles. The van der Waals surface area contributed by atoms with E-state index in [0.29, 0.717) is 37.3 Å². The summed E-state index contributed by atoms with van der Waals surface area (Å²) in [5.41, 5.74) is 6.00. The Labute approximate surface area is 410 Å². The Kier molecular flexibility index (Phi) is 14.1. The van der Waals surface area contributed by atoms with Crippen LogP contribution in [0.4, 0.5) is 4.79 Å². The van der Waals surface area contributed by atoms with Gasteiger partial charge in [0, 0.05) is 58.4 Å². The van der Waals surface area contributed by atoms with Crippen molar-refractivity contribution in [3.8, 4) is 11.1 Å². The summed E-state index contributed by atoms with van der Waals surface area (Å²) in [5.74, 6) is -0.514. The fourth-order valence-electron chi connectivity index (χ4n) is 9.30. The van der Waals surface area contributed by atoms with Gasteiger partial charge in [0.1, 0.15) is 11.2 Å². The van der Waals surface area contributed by atoms with Crippen molar-refractivity contribution in [3.63, 3.8) is 0 Å². The largest absolute Gasteiger partial charge is 0.459 e. The van der Waals surface area contributed by atoms with Crippen LogP contribution in [0.1, 0.15) is 84.5 Å². The van der Waals surface area contributed by atoms with Crippen molar-refractivity contribution in [3.05, 3.63) is 179 Å². The first-order chi connectivity index (χ1) is 33.4. The van der Waals surface area contributed by atoms with E-state index < -0.39 is 11.2 Å². The van der Waals surface area contributed by atoms with E-state index in [1.54, 1.807) is 21.7 Å². The van der Waals surface area contributed by atoms with Crippen LogP contribution in [0.15, 0.2) is 146 Å². The van der Waals surface area contributed by atoms with E-state index in [0.717, 1.165) is 76.5 Å². The molecule has 10 heteroatoms. The summed E-state index contributed by atoms with van der Waals surface area (Å²) in [6.07, 6.45) is -0.390. The van der Waals surface area contributed by atoms with Crippen LogP contribution in [-0.4, -0.2) is 77.5 Å². The molecule has 0 saturated heterocycles. The molecule has 8 rings (SSSR count). The third kappa shape index (κ3) is 10.8. The summed E-state index contributed by atoms with van der Waals surface area (Å²) < 4.78 is 11.2. The maximum absolute atomic E-state index is 14.1. The van der Waals surface area contributed by atoms with E-state index in [2.05, 4.69) is 53.8 Å². The zero-order chi connectivity index (χ0) is 49.9. The molecule has 0 fully saturated rings. The third-order valence-electron chi connectivity index (χ3n) is 12.5. The number of carbonyl (C=O) groups is 4. The number of carbonyl (C=O) groups excluding carboxylic acids is 4. The average Bonchev–Trinajstić information content (AvgIpc) is 3.34. The Bertz CT molecular complexity index is 3140. The summed E-state index contributed by atoms with van der Waals surface area (Å²) in [5, 5.41) is 11.6. The fraction of sp³-hybridized carbons (Fsp3) is 0.267. The highest BCUT2D eigenvalue weighted by Crippen LogP contribution is 2.36. The first-order valence-corrected chi connectivity index (χ1v) is 23.8. The van der Waals surface area contributed by atoms with E-state index in [4.69, 9.17) is 9.47 Å². The molecule has 0 aliphatic rings. The highest BCUT2D eigenvalue weighted by atomic mass is 16.6. The molecule has 0 aliphatic heterocycles. The van der Waals surface area contributed by atoms with Crippen LogP contribution in [-0.2, 0) is 40.4 Å². The number of rotatable bonds is 13. The van der Waals surface area contributed by atoms with Gasteiger partial charge in [0.2, 0.25) is 0 Å². The van der Waals surface area contributed by atoms with Crippen LogP contribution in [0.25, 0.3) is 54.2 Å². The third-order valence-corrected chi connectivity index (χ3v) is 12.5. The number of ether oxygens (including phenoxy) is 2. The molecular weight excluding hydrogens is 873 g/mol. The van der Waals surface area contributed by atoms with Crippen molar-refractivity contribution in [1.82, 2.24) is 20.0 Å². The van der Waals surface area contributed by atoms with E-state index in [1.165, 1.54) is 0 Å². The molecule has 358 valence electrons. The number of benzene rings is 8. The first kappa shape index (κ1) is 48.9. The van der Waals surface area contributed by atoms with E-state index in [1.807, 2.05) is 153 Å². The Morgan fingerprint density at radius 2 is 0.714 bits per heavy atom. The van der Waals surface area contributed by atoms with Crippen LogP contribution >= 0.6 is 0 Å². The van der Waals surface area contributed by atoms with Gasteiger partial charge in [0.15, 0.2) is 0 Å². The van der Waals surface area contributed by atoms with Crippen molar-refractivity contribution >= 4 is 67.0 Å². The molecule has 8 aromatic rings. The number of fused-ring (bicyclic) bond motifs is 4. The smallest absolute Gasteiger partial charge is 0.410 e. The van der Waals surface area contributed by atoms with Gasteiger partial charge in [-0.25, -0.2) is 4.79 Å². The molecule has 0 bridgehead atoms. The van der Waals surface area contributed by atoms with Crippen LogP contribution in [0, 0.1) is 0 Å². The molecule has 10 nitrogen and oxygen atoms in total. The number of nitrogens with zero attached hydrogens (tertiary/aromatic N) is 3. The van der Waals surface area contributed by atoms with Crippen molar-refractivity contribution in [2.45, 2.75) is 78.9 Å². The maximum atomic E-state index is 14.1. The highest BCUT2D eigenvalue weighted by Gasteiger charge is 2.24. The van der Waals surface area contributed by atoms with Crippen molar-refractivity contribution in [1.29, 1.82) is 0 Å². The molecule has 0 spiro atoms. The van der Waals surface area contributed by atoms with Crippen molar-refractivity contribution in [2.24, 2.45) is 0 Å². The second-order valence-electron chi connectivity index (χ2n) is 20.1. The fourth-order valence-corrected chi connectivity index (χ4v) is 9.30. The predicted molar refractivity (Wildman–Crippen MR) is 282 cm³/mol. The molecule has 0 aliphatic carbocycles. The zero-order valence-corrected chi connectivity index (χ0v) is 41.7. The number of amides is 3. The van der Waals surface area contributed by atoms with Crippen molar-refractivity contribution in [2.75, 3.05) is 27.7 Å². The molecule has 1 N–H and O–H groups in total. The van der Waals surface area contributed by atoms with Gasteiger partial charge in [0.05, 0.1) is 6.54 Å². The summed E-state index contributed by atoms with van der Waals surface area (Å²) in [6, 6.07) is 48.0. The second-order valence-corrected chi connectivity index (χ2v) is 20.1. The maximum Gasteiger partial charge on any atom is 0.410 e. The Hall–Kier alpha value is -7.56. The lowest BCUT2D eigenvalue weighted by molar-refractivity contribution is -0.153. The van der Waals surface area contributed by atoms with E-state index in [9.17, 15) is 19.2 Å². The predicted octanol–water partition coefficient (Wildman–Crippen LogP) is 12.3. The molecule has 3 amide bonds. The van der Waals surface area contributed by atoms with E-state index >= 15 is 0 Å². The van der Waals surface area contributed by atoms with Crippen LogP contribution in [0.2, 0.25) is 0 Å². The topological polar surface area (TPSA) is 108 Å². The Morgan fingerprint density at radius 1 is 0.414 bits per heavy atom. The summed E-state index contributed by atoms with van der Waals surface area (Å²) in [7, 11) is 5.41. The molecule has 0 unspecified atom stereocenters. The molecule has 0 saturated carbocycles. The average molecular weight is 935 g/mol. The molecule has 0 atom stereocenters. The number of esters is 1. The minimum Gasteiger partial charge on any atom is -0.459 e. The Balaban J connectivity index is 0.960. The second kappa shape index (κ2) is 20.2. The lowest BCUT2D eigenvalue weighted by atomic mass is 9.91. The monoisotopic (exact) mass is 934 g/mol. The van der Waals surface area contributed by atoms with Gasteiger partial charge in [-0.3, -0.25) is 14.4 Å². The normalized spacial score (nSPS) is 11.8. The minimum absolute atomic E-state index is 0.0914. The van der Waals surface area contributed by atoms with Gasteiger partial charge in [-0.1, -0.05) is 121 Å². The highest BCUT2D eigenvalue weighted by molar-refractivity contribution is 6.08. The molecular formula is C60H62N4O6. The van der Waals surface area contributed by atoms with Crippen LogP contribution in [0.3, 0.4) is 0 Å². The minimum atomic E-state index is -0.611.